The van der Waals surface area contributed by atoms with Crippen molar-refractivity contribution in [3.8, 4) is 6.07 Å². The fraction of sp³-hybridized carbons (Fsp3) is 0.353. The minimum Gasteiger partial charge on any atom is -0.364 e. The summed E-state index contributed by atoms with van der Waals surface area (Å²) >= 11 is 0. The van der Waals surface area contributed by atoms with Gasteiger partial charge in [0.1, 0.15) is 6.17 Å². The first-order valence-electron chi connectivity index (χ1n) is 7.08. The lowest BCUT2D eigenvalue weighted by Gasteiger charge is -2.23. The van der Waals surface area contributed by atoms with Crippen LogP contribution in [-0.2, 0) is 0 Å². The molecule has 1 N–H and O–H groups in total. The Balaban J connectivity index is 2.28. The van der Waals surface area contributed by atoms with E-state index in [1.807, 2.05) is 6.07 Å². The number of rotatable bonds is 2. The van der Waals surface area contributed by atoms with Gasteiger partial charge in [0.05, 0.1) is 18.7 Å². The Kier molecular flexibility index (Phi) is 5.12. The quantitative estimate of drug-likeness (QED) is 0.849. The molecule has 1 aromatic rings. The molecule has 0 radical (unpaired) electrons. The number of hydrogen-bond acceptors (Lipinski definition) is 2. The minimum absolute atomic E-state index is 0.0325. The van der Waals surface area contributed by atoms with Gasteiger partial charge in [0.15, 0.2) is 0 Å². The van der Waals surface area contributed by atoms with Crippen molar-refractivity contribution >= 4 is 11.5 Å². The number of nitrogens with zero attached hydrogens (tertiary/aromatic N) is 3. The standard InChI is InChI=1S/C17H15FN4/c1-20-16(11-19)12-3-5-13(6-4-12)17(21-2)22-15-9-7-14(18)8-10-15/h3-6,14-15,22H,7-10H2. The van der Waals surface area contributed by atoms with Gasteiger partial charge in [-0.3, -0.25) is 0 Å². The summed E-state index contributed by atoms with van der Waals surface area (Å²) in [6.07, 6.45) is 1.80. The first-order chi connectivity index (χ1) is 10.7. The molecule has 1 saturated carbocycles. The van der Waals surface area contributed by atoms with Gasteiger partial charge in [0, 0.05) is 0 Å². The van der Waals surface area contributed by atoms with Gasteiger partial charge >= 0.3 is 0 Å². The van der Waals surface area contributed by atoms with Crippen molar-refractivity contribution in [1.82, 2.24) is 5.32 Å². The lowest BCUT2D eigenvalue weighted by molar-refractivity contribution is 0.228. The van der Waals surface area contributed by atoms with Crippen molar-refractivity contribution in [2.45, 2.75) is 37.9 Å². The van der Waals surface area contributed by atoms with E-state index in [0.29, 0.717) is 29.1 Å². The van der Waals surface area contributed by atoms with E-state index >= 15 is 0 Å². The van der Waals surface area contributed by atoms with E-state index in [2.05, 4.69) is 15.0 Å². The maximum absolute atomic E-state index is 13.1. The Labute approximate surface area is 128 Å². The molecule has 4 nitrogen and oxygen atoms in total. The average molecular weight is 294 g/mol. The maximum Gasteiger partial charge on any atom is 0.268 e. The predicted molar refractivity (Wildman–Crippen MR) is 81.6 cm³/mol. The second-order valence-electron chi connectivity index (χ2n) is 5.20. The molecule has 110 valence electrons. The first-order valence-corrected chi connectivity index (χ1v) is 7.08. The monoisotopic (exact) mass is 294 g/mol. The number of alkyl halides is 1. The third-order valence-corrected chi connectivity index (χ3v) is 3.76. The molecule has 1 aliphatic rings. The van der Waals surface area contributed by atoms with Crippen LogP contribution in [0.25, 0.3) is 21.2 Å². The lowest BCUT2D eigenvalue weighted by Crippen LogP contribution is -2.34. The highest BCUT2D eigenvalue weighted by Gasteiger charge is 2.22. The second kappa shape index (κ2) is 7.25. The molecule has 1 aromatic carbocycles. The molecule has 0 aromatic heterocycles. The Morgan fingerprint density at radius 1 is 1.09 bits per heavy atom. The first kappa shape index (κ1) is 15.5. The highest BCUT2D eigenvalue weighted by molar-refractivity contribution is 5.65. The molecule has 1 fully saturated rings. The summed E-state index contributed by atoms with van der Waals surface area (Å²) in [6, 6.07) is 8.74. The van der Waals surface area contributed by atoms with Gasteiger partial charge in [-0.1, -0.05) is 30.8 Å². The molecular formula is C17H15FN4. The van der Waals surface area contributed by atoms with Crippen molar-refractivity contribution in [1.29, 1.82) is 5.26 Å². The molecule has 0 bridgehead atoms. The van der Waals surface area contributed by atoms with Gasteiger partial charge in [-0.05, 0) is 36.1 Å². The van der Waals surface area contributed by atoms with E-state index in [-0.39, 0.29) is 11.7 Å². The van der Waals surface area contributed by atoms with Crippen molar-refractivity contribution in [2.75, 3.05) is 0 Å². The number of halogens is 1. The Bertz CT molecular complexity index is 744. The van der Waals surface area contributed by atoms with Crippen LogP contribution in [0.3, 0.4) is 0 Å². The number of benzene rings is 1. The van der Waals surface area contributed by atoms with Gasteiger partial charge in [-0.2, -0.15) is 0 Å². The molecular weight excluding hydrogens is 279 g/mol. The zero-order valence-corrected chi connectivity index (χ0v) is 12.0. The summed E-state index contributed by atoms with van der Waals surface area (Å²) in [7, 11) is 0. The SMILES string of the molecule is [C-]#[N+]C(C#N)=c1ccc(=C([N+]#[C-])NC2CCC(F)CC2)cc1. The summed E-state index contributed by atoms with van der Waals surface area (Å²) in [4.78, 5) is 6.68. The van der Waals surface area contributed by atoms with Crippen molar-refractivity contribution in [3.63, 3.8) is 0 Å². The van der Waals surface area contributed by atoms with Crippen LogP contribution in [0.15, 0.2) is 24.3 Å². The third-order valence-electron chi connectivity index (χ3n) is 3.76. The van der Waals surface area contributed by atoms with Crippen LogP contribution < -0.4 is 15.8 Å². The zero-order valence-electron chi connectivity index (χ0n) is 12.0. The largest absolute Gasteiger partial charge is 0.364 e. The van der Waals surface area contributed by atoms with Crippen LogP contribution in [-0.4, -0.2) is 12.2 Å². The average Bonchev–Trinajstić information content (AvgIpc) is 2.56. The molecule has 0 aliphatic heterocycles. The van der Waals surface area contributed by atoms with E-state index in [1.54, 1.807) is 24.3 Å². The van der Waals surface area contributed by atoms with Gasteiger partial charge in [0.25, 0.3) is 5.70 Å². The summed E-state index contributed by atoms with van der Waals surface area (Å²) in [6.45, 7) is 14.2. The lowest BCUT2D eigenvalue weighted by atomic mass is 9.94. The van der Waals surface area contributed by atoms with Gasteiger partial charge < -0.3 is 10.2 Å². The van der Waals surface area contributed by atoms with Crippen LogP contribution in [0, 0.1) is 24.5 Å². The molecule has 5 heteroatoms. The van der Waals surface area contributed by atoms with Crippen molar-refractivity contribution in [2.24, 2.45) is 0 Å². The number of nitrogens with one attached hydrogen (secondary N) is 1. The van der Waals surface area contributed by atoms with Crippen LogP contribution in [0.5, 0.6) is 0 Å². The van der Waals surface area contributed by atoms with E-state index in [0.717, 1.165) is 12.8 Å². The summed E-state index contributed by atoms with van der Waals surface area (Å²) < 4.78 is 13.1. The third kappa shape index (κ3) is 3.62. The molecule has 22 heavy (non-hydrogen) atoms. The topological polar surface area (TPSA) is 44.5 Å². The molecule has 0 heterocycles. The molecule has 0 saturated heterocycles. The minimum atomic E-state index is -0.720. The predicted octanol–water partition coefficient (Wildman–Crippen LogP) is 2.09. The fourth-order valence-corrected chi connectivity index (χ4v) is 2.51. The van der Waals surface area contributed by atoms with Crippen LogP contribution in [0.4, 0.5) is 4.39 Å². The molecule has 2 rings (SSSR count). The van der Waals surface area contributed by atoms with Crippen molar-refractivity contribution < 1.29 is 4.39 Å². The zero-order chi connectivity index (χ0) is 15.9. The second-order valence-corrected chi connectivity index (χ2v) is 5.20. The van der Waals surface area contributed by atoms with Crippen LogP contribution in [0.1, 0.15) is 25.7 Å². The number of nitriles is 1. The Morgan fingerprint density at radius 3 is 2.18 bits per heavy atom. The van der Waals surface area contributed by atoms with E-state index < -0.39 is 6.17 Å². The van der Waals surface area contributed by atoms with Gasteiger partial charge in [-0.15, -0.1) is 0 Å². The summed E-state index contributed by atoms with van der Waals surface area (Å²) in [5, 5.41) is 13.3. The van der Waals surface area contributed by atoms with Crippen LogP contribution >= 0.6 is 0 Å². The van der Waals surface area contributed by atoms with Crippen molar-refractivity contribution in [3.05, 3.63) is 57.5 Å². The smallest absolute Gasteiger partial charge is 0.268 e. The molecule has 0 spiro atoms. The Hall–Kier alpha value is -2.84. The van der Waals surface area contributed by atoms with Gasteiger partial charge in [0.2, 0.25) is 5.82 Å². The highest BCUT2D eigenvalue weighted by atomic mass is 19.1. The van der Waals surface area contributed by atoms with E-state index in [4.69, 9.17) is 18.4 Å². The number of hydrogen-bond donors (Lipinski definition) is 1. The summed E-state index contributed by atoms with van der Waals surface area (Å²) in [5.74, 6) is 0.426. The molecule has 0 atom stereocenters. The van der Waals surface area contributed by atoms with E-state index in [1.165, 1.54) is 0 Å². The Morgan fingerprint density at radius 2 is 1.68 bits per heavy atom. The van der Waals surface area contributed by atoms with Gasteiger partial charge in [-0.25, -0.2) is 14.5 Å². The maximum atomic E-state index is 13.1. The molecule has 1 aliphatic carbocycles. The molecule has 0 amide bonds. The fourth-order valence-electron chi connectivity index (χ4n) is 2.51. The van der Waals surface area contributed by atoms with E-state index in [9.17, 15) is 4.39 Å². The van der Waals surface area contributed by atoms with Crippen LogP contribution in [0.2, 0.25) is 0 Å². The molecule has 0 unspecified atom stereocenters. The normalized spacial score (nSPS) is 20.1. The summed E-state index contributed by atoms with van der Waals surface area (Å²) in [5.41, 5.74) is 0.0325. The highest BCUT2D eigenvalue weighted by Crippen LogP contribution is 2.21.